The second-order valence-corrected chi connectivity index (χ2v) is 4.76. The predicted octanol–water partition coefficient (Wildman–Crippen LogP) is 2.37. The van der Waals surface area contributed by atoms with E-state index >= 15 is 0 Å². The van der Waals surface area contributed by atoms with Gasteiger partial charge in [-0.3, -0.25) is 4.68 Å². The SMILES string of the molecule is CCCn1cc(CNc2ccc(N(C)C)nc2)cn1. The maximum absolute atomic E-state index is 4.37. The van der Waals surface area contributed by atoms with Gasteiger partial charge in [-0.15, -0.1) is 0 Å². The first kappa shape index (κ1) is 13.4. The molecular weight excluding hydrogens is 238 g/mol. The van der Waals surface area contributed by atoms with E-state index < -0.39 is 0 Å². The Kier molecular flexibility index (Phi) is 4.39. The normalized spacial score (nSPS) is 10.5. The lowest BCUT2D eigenvalue weighted by atomic mass is 10.3. The van der Waals surface area contributed by atoms with Crippen molar-refractivity contribution in [1.82, 2.24) is 14.8 Å². The van der Waals surface area contributed by atoms with Gasteiger partial charge in [-0.25, -0.2) is 4.98 Å². The summed E-state index contributed by atoms with van der Waals surface area (Å²) in [6, 6.07) is 4.04. The van der Waals surface area contributed by atoms with Crippen LogP contribution < -0.4 is 10.2 Å². The van der Waals surface area contributed by atoms with Gasteiger partial charge in [-0.1, -0.05) is 6.92 Å². The molecule has 5 nitrogen and oxygen atoms in total. The lowest BCUT2D eigenvalue weighted by Gasteiger charge is -2.11. The summed E-state index contributed by atoms with van der Waals surface area (Å²) in [6.45, 7) is 3.89. The third-order valence-corrected chi connectivity index (χ3v) is 2.84. The molecule has 0 fully saturated rings. The first-order valence-corrected chi connectivity index (χ1v) is 6.57. The van der Waals surface area contributed by atoms with Gasteiger partial charge in [0.25, 0.3) is 0 Å². The molecule has 0 aliphatic heterocycles. The number of nitrogens with one attached hydrogen (secondary N) is 1. The summed E-state index contributed by atoms with van der Waals surface area (Å²) in [6.07, 6.45) is 6.94. The quantitative estimate of drug-likeness (QED) is 0.865. The predicted molar refractivity (Wildman–Crippen MR) is 78.4 cm³/mol. The third kappa shape index (κ3) is 3.71. The van der Waals surface area contributed by atoms with E-state index in [0.717, 1.165) is 31.0 Å². The second-order valence-electron chi connectivity index (χ2n) is 4.76. The Morgan fingerprint density at radius 1 is 1.26 bits per heavy atom. The second kappa shape index (κ2) is 6.22. The Labute approximate surface area is 114 Å². The van der Waals surface area contributed by atoms with Gasteiger partial charge >= 0.3 is 0 Å². The van der Waals surface area contributed by atoms with E-state index in [0.29, 0.717) is 0 Å². The molecule has 0 aliphatic rings. The minimum absolute atomic E-state index is 0.771. The molecule has 0 amide bonds. The molecule has 0 bridgehead atoms. The zero-order valence-corrected chi connectivity index (χ0v) is 11.8. The highest BCUT2D eigenvalue weighted by molar-refractivity contribution is 5.48. The summed E-state index contributed by atoms with van der Waals surface area (Å²) in [4.78, 5) is 6.35. The van der Waals surface area contributed by atoms with Crippen molar-refractivity contribution in [1.29, 1.82) is 0 Å². The van der Waals surface area contributed by atoms with Crippen molar-refractivity contribution < 1.29 is 0 Å². The molecule has 0 aliphatic carbocycles. The Hall–Kier alpha value is -2.04. The molecule has 0 unspecified atom stereocenters. The highest BCUT2D eigenvalue weighted by atomic mass is 15.3. The molecular formula is C14H21N5. The lowest BCUT2D eigenvalue weighted by molar-refractivity contribution is 0.602. The minimum atomic E-state index is 0.771. The first-order chi connectivity index (χ1) is 9.19. The van der Waals surface area contributed by atoms with Crippen LogP contribution in [0.25, 0.3) is 0 Å². The standard InChI is InChI=1S/C14H21N5/c1-4-7-19-11-12(9-17-19)8-15-13-5-6-14(16-10-13)18(2)3/h5-6,9-11,15H,4,7-8H2,1-3H3. The smallest absolute Gasteiger partial charge is 0.128 e. The number of hydrogen-bond acceptors (Lipinski definition) is 4. The number of aromatic nitrogens is 3. The molecule has 0 aromatic carbocycles. The van der Waals surface area contributed by atoms with Crippen molar-refractivity contribution in [3.8, 4) is 0 Å². The van der Waals surface area contributed by atoms with E-state index in [1.807, 2.05) is 48.2 Å². The highest BCUT2D eigenvalue weighted by Gasteiger charge is 2.00. The molecule has 0 saturated heterocycles. The Bertz CT molecular complexity index is 501. The largest absolute Gasteiger partial charge is 0.380 e. The molecule has 2 rings (SSSR count). The number of aryl methyl sites for hydroxylation is 1. The zero-order chi connectivity index (χ0) is 13.7. The van der Waals surface area contributed by atoms with Crippen LogP contribution in [-0.2, 0) is 13.1 Å². The molecule has 0 atom stereocenters. The van der Waals surface area contributed by atoms with Crippen molar-refractivity contribution in [2.45, 2.75) is 26.4 Å². The van der Waals surface area contributed by atoms with Crippen molar-refractivity contribution in [2.24, 2.45) is 0 Å². The fraction of sp³-hybridized carbons (Fsp3) is 0.429. The summed E-state index contributed by atoms with van der Waals surface area (Å²) in [5, 5.41) is 7.66. The van der Waals surface area contributed by atoms with Gasteiger partial charge in [0.05, 0.1) is 18.1 Å². The molecule has 0 saturated carbocycles. The topological polar surface area (TPSA) is 46.0 Å². The first-order valence-electron chi connectivity index (χ1n) is 6.57. The summed E-state index contributed by atoms with van der Waals surface area (Å²) in [5.41, 5.74) is 2.21. The fourth-order valence-corrected chi connectivity index (χ4v) is 1.81. The van der Waals surface area contributed by atoms with Crippen molar-refractivity contribution in [3.05, 3.63) is 36.3 Å². The molecule has 0 radical (unpaired) electrons. The molecule has 2 aromatic heterocycles. The minimum Gasteiger partial charge on any atom is -0.380 e. The number of rotatable bonds is 6. The van der Waals surface area contributed by atoms with E-state index in [2.05, 4.69) is 28.5 Å². The number of nitrogens with zero attached hydrogens (tertiary/aromatic N) is 4. The molecule has 2 aromatic rings. The summed E-state index contributed by atoms with van der Waals surface area (Å²) in [7, 11) is 3.97. The average molecular weight is 259 g/mol. The van der Waals surface area contributed by atoms with Crippen LogP contribution in [0.5, 0.6) is 0 Å². The summed E-state index contributed by atoms with van der Waals surface area (Å²) in [5.74, 6) is 0.960. The van der Waals surface area contributed by atoms with Crippen molar-refractivity contribution in [2.75, 3.05) is 24.3 Å². The van der Waals surface area contributed by atoms with Gasteiger partial charge in [-0.2, -0.15) is 5.10 Å². The van der Waals surface area contributed by atoms with Crippen LogP contribution in [0.3, 0.4) is 0 Å². The van der Waals surface area contributed by atoms with E-state index in [-0.39, 0.29) is 0 Å². The lowest BCUT2D eigenvalue weighted by Crippen LogP contribution is -2.10. The van der Waals surface area contributed by atoms with Gasteiger partial charge in [0.2, 0.25) is 0 Å². The fourth-order valence-electron chi connectivity index (χ4n) is 1.81. The maximum Gasteiger partial charge on any atom is 0.128 e. The van der Waals surface area contributed by atoms with E-state index in [1.54, 1.807) is 0 Å². The molecule has 2 heterocycles. The van der Waals surface area contributed by atoms with Crippen LogP contribution in [0.2, 0.25) is 0 Å². The van der Waals surface area contributed by atoms with Gasteiger partial charge in [-0.05, 0) is 18.6 Å². The third-order valence-electron chi connectivity index (χ3n) is 2.84. The maximum atomic E-state index is 4.37. The summed E-state index contributed by atoms with van der Waals surface area (Å²) < 4.78 is 1.98. The highest BCUT2D eigenvalue weighted by Crippen LogP contribution is 2.12. The number of pyridine rings is 1. The van der Waals surface area contributed by atoms with Gasteiger partial charge in [0.1, 0.15) is 5.82 Å². The molecule has 19 heavy (non-hydrogen) atoms. The van der Waals surface area contributed by atoms with Crippen LogP contribution in [0.15, 0.2) is 30.7 Å². The van der Waals surface area contributed by atoms with E-state index in [4.69, 9.17) is 0 Å². The Balaban J connectivity index is 1.90. The number of hydrogen-bond donors (Lipinski definition) is 1. The van der Waals surface area contributed by atoms with Crippen molar-refractivity contribution >= 4 is 11.5 Å². The van der Waals surface area contributed by atoms with Crippen LogP contribution in [0, 0.1) is 0 Å². The van der Waals surface area contributed by atoms with Crippen LogP contribution in [0.1, 0.15) is 18.9 Å². The Morgan fingerprint density at radius 3 is 2.74 bits per heavy atom. The molecule has 0 spiro atoms. The monoisotopic (exact) mass is 259 g/mol. The van der Waals surface area contributed by atoms with Crippen molar-refractivity contribution in [3.63, 3.8) is 0 Å². The van der Waals surface area contributed by atoms with E-state index in [9.17, 15) is 0 Å². The van der Waals surface area contributed by atoms with Crippen LogP contribution in [-0.4, -0.2) is 28.9 Å². The molecule has 102 valence electrons. The summed E-state index contributed by atoms with van der Waals surface area (Å²) >= 11 is 0. The molecule has 1 N–H and O–H groups in total. The molecule has 5 heteroatoms. The average Bonchev–Trinajstić information content (AvgIpc) is 2.85. The van der Waals surface area contributed by atoms with Gasteiger partial charge in [0.15, 0.2) is 0 Å². The van der Waals surface area contributed by atoms with Crippen LogP contribution in [0.4, 0.5) is 11.5 Å². The van der Waals surface area contributed by atoms with Crippen LogP contribution >= 0.6 is 0 Å². The van der Waals surface area contributed by atoms with Gasteiger partial charge < -0.3 is 10.2 Å². The van der Waals surface area contributed by atoms with E-state index in [1.165, 1.54) is 5.56 Å². The zero-order valence-electron chi connectivity index (χ0n) is 11.8. The van der Waals surface area contributed by atoms with Gasteiger partial charge in [0, 0.05) is 38.9 Å². The Morgan fingerprint density at radius 2 is 2.11 bits per heavy atom. The number of anilines is 2.